The summed E-state index contributed by atoms with van der Waals surface area (Å²) in [6.45, 7) is 6.99. The Morgan fingerprint density at radius 1 is 1.32 bits per heavy atom. The van der Waals surface area contributed by atoms with Gasteiger partial charge in [0.1, 0.15) is 5.82 Å². The van der Waals surface area contributed by atoms with E-state index >= 15 is 0 Å². The normalized spacial score (nSPS) is 10.7. The van der Waals surface area contributed by atoms with Crippen molar-refractivity contribution in [3.8, 4) is 0 Å². The number of aromatic nitrogens is 1. The topological polar surface area (TPSA) is 28.2 Å². The zero-order chi connectivity index (χ0) is 13.7. The van der Waals surface area contributed by atoms with Crippen molar-refractivity contribution in [2.24, 2.45) is 0 Å². The van der Waals surface area contributed by atoms with Crippen molar-refractivity contribution < 1.29 is 0 Å². The summed E-state index contributed by atoms with van der Waals surface area (Å²) in [5, 5.41) is 5.45. The Balaban J connectivity index is 2.06. The highest BCUT2D eigenvalue weighted by Gasteiger charge is 2.07. The number of hydrogen-bond donors (Lipinski definition) is 1. The Bertz CT molecular complexity index is 508. The first-order valence-corrected chi connectivity index (χ1v) is 7.49. The summed E-state index contributed by atoms with van der Waals surface area (Å²) in [5.74, 6) is 1.03. The average molecular weight is 275 g/mol. The van der Waals surface area contributed by atoms with Gasteiger partial charge in [-0.05, 0) is 36.5 Å². The number of anilines is 1. The first-order valence-electron chi connectivity index (χ1n) is 6.61. The maximum Gasteiger partial charge on any atom is 0.128 e. The van der Waals surface area contributed by atoms with Gasteiger partial charge in [-0.1, -0.05) is 19.1 Å². The fourth-order valence-electron chi connectivity index (χ4n) is 1.95. The Kier molecular flexibility index (Phi) is 4.93. The summed E-state index contributed by atoms with van der Waals surface area (Å²) in [4.78, 5) is 8.25. The van der Waals surface area contributed by atoms with E-state index in [0.717, 1.165) is 31.1 Å². The number of nitrogens with one attached hydrogen (secondary N) is 1. The van der Waals surface area contributed by atoms with Crippen LogP contribution in [0.3, 0.4) is 0 Å². The summed E-state index contributed by atoms with van der Waals surface area (Å²) >= 11 is 1.78. The zero-order valence-electron chi connectivity index (χ0n) is 11.8. The van der Waals surface area contributed by atoms with E-state index in [9.17, 15) is 0 Å². The first kappa shape index (κ1) is 14.0. The summed E-state index contributed by atoms with van der Waals surface area (Å²) < 4.78 is 0. The minimum atomic E-state index is 0.893. The molecule has 102 valence electrons. The maximum atomic E-state index is 4.70. The third-order valence-electron chi connectivity index (χ3n) is 3.11. The molecule has 0 aliphatic rings. The molecule has 0 saturated heterocycles. The van der Waals surface area contributed by atoms with Gasteiger partial charge >= 0.3 is 0 Å². The van der Waals surface area contributed by atoms with E-state index in [1.54, 1.807) is 11.3 Å². The van der Waals surface area contributed by atoms with Gasteiger partial charge in [-0.3, -0.25) is 0 Å². The molecule has 0 fully saturated rings. The molecule has 0 unspecified atom stereocenters. The van der Waals surface area contributed by atoms with E-state index < -0.39 is 0 Å². The summed E-state index contributed by atoms with van der Waals surface area (Å²) in [7, 11) is 2.09. The lowest BCUT2D eigenvalue weighted by Crippen LogP contribution is -2.18. The van der Waals surface area contributed by atoms with E-state index in [1.807, 2.05) is 0 Å². The Hall–Kier alpha value is -1.39. The van der Waals surface area contributed by atoms with Crippen molar-refractivity contribution in [1.82, 2.24) is 10.3 Å². The van der Waals surface area contributed by atoms with Crippen LogP contribution in [0.4, 0.5) is 5.82 Å². The third kappa shape index (κ3) is 3.78. The first-order chi connectivity index (χ1) is 9.20. The van der Waals surface area contributed by atoms with Crippen molar-refractivity contribution in [3.63, 3.8) is 0 Å². The molecular formula is C15H21N3S. The van der Waals surface area contributed by atoms with Gasteiger partial charge in [-0.25, -0.2) is 4.98 Å². The molecule has 1 N–H and O–H groups in total. The molecule has 0 amide bonds. The predicted octanol–water partition coefficient (Wildman–Crippen LogP) is 3.20. The summed E-state index contributed by atoms with van der Waals surface area (Å²) in [5.41, 5.74) is 2.38. The molecule has 0 aliphatic heterocycles. The van der Waals surface area contributed by atoms with E-state index in [4.69, 9.17) is 4.98 Å². The van der Waals surface area contributed by atoms with Crippen LogP contribution in [0.2, 0.25) is 0 Å². The van der Waals surface area contributed by atoms with Crippen LogP contribution in [-0.4, -0.2) is 18.6 Å². The van der Waals surface area contributed by atoms with Crippen molar-refractivity contribution in [3.05, 3.63) is 45.8 Å². The van der Waals surface area contributed by atoms with E-state index in [2.05, 4.69) is 60.8 Å². The molecule has 0 aliphatic carbocycles. The molecule has 3 nitrogen and oxygen atoms in total. The number of thiophene rings is 1. The monoisotopic (exact) mass is 275 g/mol. The zero-order valence-corrected chi connectivity index (χ0v) is 12.6. The molecule has 0 saturated carbocycles. The molecule has 0 bridgehead atoms. The molecule has 2 aromatic rings. The summed E-state index contributed by atoms with van der Waals surface area (Å²) in [6.07, 6.45) is 0. The lowest BCUT2D eigenvalue weighted by atomic mass is 10.2. The van der Waals surface area contributed by atoms with Gasteiger partial charge in [0.05, 0.1) is 6.54 Å². The molecule has 2 aromatic heterocycles. The largest absolute Gasteiger partial charge is 0.355 e. The Morgan fingerprint density at radius 2 is 2.16 bits per heavy atom. The number of aryl methyl sites for hydroxylation is 1. The van der Waals surface area contributed by atoms with Gasteiger partial charge in [-0.2, -0.15) is 0 Å². The lowest BCUT2D eigenvalue weighted by Gasteiger charge is -2.18. The van der Waals surface area contributed by atoms with Crippen LogP contribution in [0.15, 0.2) is 29.6 Å². The highest BCUT2D eigenvalue weighted by Crippen LogP contribution is 2.18. The van der Waals surface area contributed by atoms with Gasteiger partial charge in [0.15, 0.2) is 0 Å². The van der Waals surface area contributed by atoms with Crippen molar-refractivity contribution in [1.29, 1.82) is 0 Å². The molecule has 0 radical (unpaired) electrons. The minimum absolute atomic E-state index is 0.893. The molecule has 0 aromatic carbocycles. The maximum absolute atomic E-state index is 4.70. The fourth-order valence-corrected chi connectivity index (χ4v) is 2.71. The fraction of sp³-hybridized carbons (Fsp3) is 0.400. The van der Waals surface area contributed by atoms with Crippen LogP contribution >= 0.6 is 11.3 Å². The second-order valence-corrected chi connectivity index (χ2v) is 5.66. The SMILES string of the molecule is CCNCc1ccc(N(C)Cc2cccs2)nc1C. The standard InChI is InChI=1S/C15H21N3S/c1-4-16-10-13-7-8-15(17-12(13)2)18(3)11-14-6-5-9-19-14/h5-9,16H,4,10-11H2,1-3H3. The molecule has 4 heteroatoms. The van der Waals surface area contributed by atoms with Gasteiger partial charge in [-0.15, -0.1) is 11.3 Å². The molecule has 2 heterocycles. The molecule has 0 spiro atoms. The smallest absolute Gasteiger partial charge is 0.128 e. The molecular weight excluding hydrogens is 254 g/mol. The van der Waals surface area contributed by atoms with Gasteiger partial charge in [0, 0.05) is 24.2 Å². The van der Waals surface area contributed by atoms with Crippen LogP contribution < -0.4 is 10.2 Å². The number of rotatable bonds is 6. The van der Waals surface area contributed by atoms with Crippen molar-refractivity contribution >= 4 is 17.2 Å². The van der Waals surface area contributed by atoms with Crippen molar-refractivity contribution in [2.75, 3.05) is 18.5 Å². The van der Waals surface area contributed by atoms with Crippen molar-refractivity contribution in [2.45, 2.75) is 26.9 Å². The molecule has 19 heavy (non-hydrogen) atoms. The summed E-state index contributed by atoms with van der Waals surface area (Å²) in [6, 6.07) is 8.53. The van der Waals surface area contributed by atoms with Gasteiger partial charge in [0.2, 0.25) is 0 Å². The Morgan fingerprint density at radius 3 is 2.79 bits per heavy atom. The van der Waals surface area contributed by atoms with Gasteiger partial charge in [0.25, 0.3) is 0 Å². The van der Waals surface area contributed by atoms with Gasteiger partial charge < -0.3 is 10.2 Å². The van der Waals surface area contributed by atoms with E-state index in [1.165, 1.54) is 10.4 Å². The second kappa shape index (κ2) is 6.68. The van der Waals surface area contributed by atoms with E-state index in [0.29, 0.717) is 0 Å². The van der Waals surface area contributed by atoms with Crippen LogP contribution in [0.1, 0.15) is 23.1 Å². The van der Waals surface area contributed by atoms with E-state index in [-0.39, 0.29) is 0 Å². The lowest BCUT2D eigenvalue weighted by molar-refractivity contribution is 0.719. The Labute approximate surface area is 119 Å². The van der Waals surface area contributed by atoms with Crippen LogP contribution in [-0.2, 0) is 13.1 Å². The average Bonchev–Trinajstić information content (AvgIpc) is 2.90. The quantitative estimate of drug-likeness (QED) is 0.877. The highest BCUT2D eigenvalue weighted by atomic mass is 32.1. The minimum Gasteiger partial charge on any atom is -0.355 e. The van der Waals surface area contributed by atoms with Crippen LogP contribution in [0.5, 0.6) is 0 Å². The second-order valence-electron chi connectivity index (χ2n) is 4.63. The number of pyridine rings is 1. The number of hydrogen-bond acceptors (Lipinski definition) is 4. The predicted molar refractivity (Wildman–Crippen MR) is 82.8 cm³/mol. The third-order valence-corrected chi connectivity index (χ3v) is 3.97. The molecule has 0 atom stereocenters. The van der Waals surface area contributed by atoms with Crippen LogP contribution in [0.25, 0.3) is 0 Å². The van der Waals surface area contributed by atoms with Crippen LogP contribution in [0, 0.1) is 6.92 Å². The highest BCUT2D eigenvalue weighted by molar-refractivity contribution is 7.09. The number of nitrogens with zero attached hydrogens (tertiary/aromatic N) is 2. The molecule has 2 rings (SSSR count).